The number of hydrogen-bond donors (Lipinski definition) is 2. The molecule has 1 unspecified atom stereocenters. The lowest BCUT2D eigenvalue weighted by Crippen LogP contribution is -2.30. The number of carbonyl (C=O) groups excluding carboxylic acids is 1. The van der Waals surface area contributed by atoms with Crippen molar-refractivity contribution in [3.05, 3.63) is 83.4 Å². The summed E-state index contributed by atoms with van der Waals surface area (Å²) in [4.78, 5) is 12.7. The molecule has 6 nitrogen and oxygen atoms in total. The number of ether oxygens (including phenoxy) is 1. The molecule has 0 aliphatic rings. The van der Waals surface area contributed by atoms with Crippen LogP contribution in [0.2, 0.25) is 0 Å². The second-order valence-electron chi connectivity index (χ2n) is 9.47. The molecule has 0 bridgehead atoms. The Bertz CT molecular complexity index is 1260. The number of nitrogens with one attached hydrogen (secondary N) is 2. The number of hydrogen-bond acceptors (Lipinski definition) is 4. The normalized spacial score (nSPS) is 12.6. The van der Waals surface area contributed by atoms with E-state index < -0.39 is 16.1 Å². The topological polar surface area (TPSA) is 84.5 Å². The van der Waals surface area contributed by atoms with Gasteiger partial charge < -0.3 is 10.1 Å². The Balaban J connectivity index is 1.62. The van der Waals surface area contributed by atoms with Crippen molar-refractivity contribution >= 4 is 27.3 Å². The van der Waals surface area contributed by atoms with Gasteiger partial charge in [-0.1, -0.05) is 50.6 Å². The predicted octanol–water partition coefficient (Wildman–Crippen LogP) is 5.81. The van der Waals surface area contributed by atoms with Crippen LogP contribution in [0.5, 0.6) is 5.75 Å². The summed E-state index contributed by atoms with van der Waals surface area (Å²) in [6, 6.07) is 19.2. The van der Waals surface area contributed by atoms with Crippen LogP contribution < -0.4 is 14.8 Å². The summed E-state index contributed by atoms with van der Waals surface area (Å²) in [5.41, 5.74) is 4.13. The lowest BCUT2D eigenvalue weighted by atomic mass is 9.87. The second-order valence-corrected chi connectivity index (χ2v) is 11.2. The molecule has 0 aliphatic carbocycles. The average Bonchev–Trinajstić information content (AvgIpc) is 2.76. The van der Waals surface area contributed by atoms with Gasteiger partial charge in [0.2, 0.25) is 0 Å². The fourth-order valence-corrected chi connectivity index (χ4v) is 4.52. The highest BCUT2D eigenvalue weighted by molar-refractivity contribution is 7.92. The molecule has 1 atom stereocenters. The molecule has 34 heavy (non-hydrogen) atoms. The van der Waals surface area contributed by atoms with E-state index in [1.807, 2.05) is 50.2 Å². The molecule has 180 valence electrons. The number of amides is 1. The van der Waals surface area contributed by atoms with E-state index in [0.717, 1.165) is 11.1 Å². The molecule has 0 radical (unpaired) electrons. The van der Waals surface area contributed by atoms with Crippen molar-refractivity contribution in [1.29, 1.82) is 0 Å². The second kappa shape index (κ2) is 9.89. The van der Waals surface area contributed by atoms with Crippen LogP contribution >= 0.6 is 0 Å². The molecule has 0 saturated carbocycles. The first-order valence-electron chi connectivity index (χ1n) is 11.1. The Morgan fingerprint density at radius 1 is 0.912 bits per heavy atom. The molecule has 0 heterocycles. The van der Waals surface area contributed by atoms with E-state index in [-0.39, 0.29) is 16.2 Å². The highest BCUT2D eigenvalue weighted by Crippen LogP contribution is 2.25. The molecule has 3 aromatic rings. The summed E-state index contributed by atoms with van der Waals surface area (Å²) in [6.07, 6.45) is -0.727. The molecule has 0 aromatic heterocycles. The van der Waals surface area contributed by atoms with Gasteiger partial charge in [0.15, 0.2) is 6.10 Å². The maximum Gasteiger partial charge on any atom is 0.265 e. The molecule has 0 aliphatic heterocycles. The van der Waals surface area contributed by atoms with Crippen LogP contribution in [-0.4, -0.2) is 20.4 Å². The van der Waals surface area contributed by atoms with Gasteiger partial charge in [-0.3, -0.25) is 9.52 Å². The van der Waals surface area contributed by atoms with Crippen LogP contribution in [0, 0.1) is 13.8 Å². The van der Waals surface area contributed by atoms with Crippen LogP contribution in [0.1, 0.15) is 44.4 Å². The minimum Gasteiger partial charge on any atom is -0.481 e. The largest absolute Gasteiger partial charge is 0.481 e. The Labute approximate surface area is 202 Å². The molecular formula is C27H32N2O4S. The molecule has 0 saturated heterocycles. The molecule has 3 aromatic carbocycles. The van der Waals surface area contributed by atoms with Crippen molar-refractivity contribution in [2.45, 2.75) is 58.0 Å². The average molecular weight is 481 g/mol. The van der Waals surface area contributed by atoms with E-state index in [2.05, 4.69) is 30.8 Å². The zero-order valence-corrected chi connectivity index (χ0v) is 21.3. The van der Waals surface area contributed by atoms with E-state index in [1.54, 1.807) is 25.1 Å². The number of anilines is 2. The molecule has 0 fully saturated rings. The Morgan fingerprint density at radius 2 is 1.53 bits per heavy atom. The van der Waals surface area contributed by atoms with Crippen molar-refractivity contribution in [3.63, 3.8) is 0 Å². The quantitative estimate of drug-likeness (QED) is 0.447. The standard InChI is InChI=1S/C27H32N2O4S/c1-18-7-16-25(19(2)17-18)29-34(31,32)24-14-10-22(11-15-24)28-26(30)20(3)33-23-12-8-21(9-13-23)27(4,5)6/h7-17,20,29H,1-6H3,(H,28,30). The van der Waals surface area contributed by atoms with E-state index >= 15 is 0 Å². The third-order valence-electron chi connectivity index (χ3n) is 5.46. The summed E-state index contributed by atoms with van der Waals surface area (Å²) in [7, 11) is -3.75. The molecule has 7 heteroatoms. The van der Waals surface area contributed by atoms with Crippen LogP contribution in [-0.2, 0) is 20.2 Å². The minimum absolute atomic E-state index is 0.0374. The van der Waals surface area contributed by atoms with Gasteiger partial charge in [0.1, 0.15) is 5.75 Å². The lowest BCUT2D eigenvalue weighted by molar-refractivity contribution is -0.122. The van der Waals surface area contributed by atoms with Crippen molar-refractivity contribution in [3.8, 4) is 5.75 Å². The summed E-state index contributed by atoms with van der Waals surface area (Å²) >= 11 is 0. The van der Waals surface area contributed by atoms with E-state index in [1.165, 1.54) is 17.7 Å². The van der Waals surface area contributed by atoms with Gasteiger partial charge >= 0.3 is 0 Å². The fourth-order valence-electron chi connectivity index (χ4n) is 3.38. The molecular weight excluding hydrogens is 448 g/mol. The zero-order chi connectivity index (χ0) is 25.1. The van der Waals surface area contributed by atoms with Gasteiger partial charge in [0, 0.05) is 5.69 Å². The lowest BCUT2D eigenvalue weighted by Gasteiger charge is -2.20. The van der Waals surface area contributed by atoms with Gasteiger partial charge in [0.05, 0.1) is 10.6 Å². The Hall–Kier alpha value is -3.32. The van der Waals surface area contributed by atoms with E-state index in [4.69, 9.17) is 4.74 Å². The summed E-state index contributed by atoms with van der Waals surface area (Å²) < 4.78 is 33.9. The van der Waals surface area contributed by atoms with Gasteiger partial charge in [-0.25, -0.2) is 8.42 Å². The van der Waals surface area contributed by atoms with Crippen LogP contribution in [0.3, 0.4) is 0 Å². The number of benzene rings is 3. The monoisotopic (exact) mass is 480 g/mol. The van der Waals surface area contributed by atoms with Gasteiger partial charge in [0.25, 0.3) is 15.9 Å². The maximum absolute atomic E-state index is 12.8. The van der Waals surface area contributed by atoms with Gasteiger partial charge in [-0.05, 0) is 79.8 Å². The zero-order valence-electron chi connectivity index (χ0n) is 20.5. The van der Waals surface area contributed by atoms with Crippen molar-refractivity contribution in [2.24, 2.45) is 0 Å². The van der Waals surface area contributed by atoms with Crippen LogP contribution in [0.25, 0.3) is 0 Å². The van der Waals surface area contributed by atoms with Crippen molar-refractivity contribution in [1.82, 2.24) is 0 Å². The summed E-state index contributed by atoms with van der Waals surface area (Å²) in [6.45, 7) is 11.9. The van der Waals surface area contributed by atoms with E-state index in [9.17, 15) is 13.2 Å². The first-order valence-corrected chi connectivity index (χ1v) is 12.6. The SMILES string of the molecule is Cc1ccc(NS(=O)(=O)c2ccc(NC(=O)C(C)Oc3ccc(C(C)(C)C)cc3)cc2)c(C)c1. The highest BCUT2D eigenvalue weighted by atomic mass is 32.2. The first-order chi connectivity index (χ1) is 15.8. The third kappa shape index (κ3) is 6.38. The summed E-state index contributed by atoms with van der Waals surface area (Å²) in [5, 5.41) is 2.76. The number of rotatable bonds is 7. The van der Waals surface area contributed by atoms with E-state index in [0.29, 0.717) is 17.1 Å². The Morgan fingerprint density at radius 3 is 2.09 bits per heavy atom. The van der Waals surface area contributed by atoms with Gasteiger partial charge in [-0.2, -0.15) is 0 Å². The highest BCUT2D eigenvalue weighted by Gasteiger charge is 2.18. The van der Waals surface area contributed by atoms with Crippen molar-refractivity contribution in [2.75, 3.05) is 10.0 Å². The molecule has 0 spiro atoms. The first kappa shape index (κ1) is 25.3. The van der Waals surface area contributed by atoms with Gasteiger partial charge in [-0.15, -0.1) is 0 Å². The third-order valence-corrected chi connectivity index (χ3v) is 6.84. The van der Waals surface area contributed by atoms with Crippen molar-refractivity contribution < 1.29 is 17.9 Å². The Kier molecular flexibility index (Phi) is 7.36. The minimum atomic E-state index is -3.75. The molecule has 2 N–H and O–H groups in total. The number of sulfonamides is 1. The number of aryl methyl sites for hydroxylation is 2. The van der Waals surface area contributed by atoms with Crippen LogP contribution in [0.15, 0.2) is 71.6 Å². The summed E-state index contributed by atoms with van der Waals surface area (Å²) in [5.74, 6) is 0.276. The molecule has 3 rings (SSSR count). The fraction of sp³-hybridized carbons (Fsp3) is 0.296. The number of carbonyl (C=O) groups is 1. The molecule has 1 amide bonds. The predicted molar refractivity (Wildman–Crippen MR) is 137 cm³/mol. The smallest absolute Gasteiger partial charge is 0.265 e. The maximum atomic E-state index is 12.8. The van der Waals surface area contributed by atoms with Crippen LogP contribution in [0.4, 0.5) is 11.4 Å².